The molecular weight excluding hydrogens is 244 g/mol. The molecule has 0 amide bonds. The maximum atomic E-state index is 10.8. The maximum Gasteiger partial charge on any atom is 0.339 e. The number of ether oxygens (including phenoxy) is 1. The quantitative estimate of drug-likeness (QED) is 0.887. The Balaban J connectivity index is 2.45. The van der Waals surface area contributed by atoms with Crippen molar-refractivity contribution < 1.29 is 19.7 Å². The van der Waals surface area contributed by atoms with Crippen molar-refractivity contribution in [1.82, 2.24) is 0 Å². The molecule has 0 aliphatic heterocycles. The molecule has 0 saturated heterocycles. The van der Waals surface area contributed by atoms with Crippen molar-refractivity contribution in [2.75, 3.05) is 7.11 Å². The predicted octanol–water partition coefficient (Wildman–Crippen LogP) is 3.07. The number of hydrogen-bond acceptors (Lipinski definition) is 3. The summed E-state index contributed by atoms with van der Waals surface area (Å²) in [7, 11) is 1.61. The zero-order chi connectivity index (χ0) is 14.0. The molecule has 0 bridgehead atoms. The Hall–Kier alpha value is -2.49. The van der Waals surface area contributed by atoms with E-state index in [2.05, 4.69) is 0 Å². The molecule has 19 heavy (non-hydrogen) atoms. The third kappa shape index (κ3) is 2.52. The highest BCUT2D eigenvalue weighted by Crippen LogP contribution is 2.29. The van der Waals surface area contributed by atoms with Crippen LogP contribution in [0.3, 0.4) is 0 Å². The Labute approximate surface area is 110 Å². The van der Waals surface area contributed by atoms with Crippen molar-refractivity contribution in [1.29, 1.82) is 0 Å². The van der Waals surface area contributed by atoms with Crippen LogP contribution in [0.1, 0.15) is 15.9 Å². The van der Waals surface area contributed by atoms with E-state index in [1.807, 2.05) is 25.1 Å². The second kappa shape index (κ2) is 5.02. The summed E-state index contributed by atoms with van der Waals surface area (Å²) >= 11 is 0. The molecule has 0 aliphatic carbocycles. The van der Waals surface area contributed by atoms with Gasteiger partial charge in [-0.15, -0.1) is 0 Å². The molecule has 0 atom stereocenters. The molecule has 98 valence electrons. The highest BCUT2D eigenvalue weighted by atomic mass is 16.5. The minimum atomic E-state index is -1.14. The number of hydrogen-bond donors (Lipinski definition) is 2. The Morgan fingerprint density at radius 2 is 1.74 bits per heavy atom. The second-order valence-electron chi connectivity index (χ2n) is 4.22. The van der Waals surface area contributed by atoms with Crippen LogP contribution in [0, 0.1) is 6.92 Å². The zero-order valence-electron chi connectivity index (χ0n) is 10.7. The molecule has 2 aromatic carbocycles. The van der Waals surface area contributed by atoms with Crippen LogP contribution in [-0.4, -0.2) is 23.3 Å². The zero-order valence-corrected chi connectivity index (χ0v) is 10.7. The third-order valence-corrected chi connectivity index (χ3v) is 2.96. The van der Waals surface area contributed by atoms with Gasteiger partial charge in [0.05, 0.1) is 7.11 Å². The van der Waals surface area contributed by atoms with E-state index in [1.54, 1.807) is 13.2 Å². The van der Waals surface area contributed by atoms with Crippen LogP contribution in [0.5, 0.6) is 11.5 Å². The molecule has 0 heterocycles. The van der Waals surface area contributed by atoms with Crippen molar-refractivity contribution in [3.8, 4) is 22.6 Å². The average Bonchev–Trinajstić information content (AvgIpc) is 2.38. The van der Waals surface area contributed by atoms with Crippen LogP contribution in [0.25, 0.3) is 11.1 Å². The maximum absolute atomic E-state index is 10.8. The number of benzene rings is 2. The molecule has 2 rings (SSSR count). The Bertz CT molecular complexity index is 632. The normalized spacial score (nSPS) is 10.2. The van der Waals surface area contributed by atoms with E-state index >= 15 is 0 Å². The van der Waals surface area contributed by atoms with Gasteiger partial charge in [-0.1, -0.05) is 12.1 Å². The fraction of sp³-hybridized carbons (Fsp3) is 0.133. The number of aromatic carboxylic acids is 1. The van der Waals surface area contributed by atoms with Gasteiger partial charge in [-0.2, -0.15) is 0 Å². The van der Waals surface area contributed by atoms with Gasteiger partial charge in [0.15, 0.2) is 0 Å². The van der Waals surface area contributed by atoms with Crippen molar-refractivity contribution >= 4 is 5.97 Å². The summed E-state index contributed by atoms with van der Waals surface area (Å²) < 4.78 is 5.18. The lowest BCUT2D eigenvalue weighted by Crippen LogP contribution is -1.96. The van der Waals surface area contributed by atoms with Crippen LogP contribution in [-0.2, 0) is 0 Å². The van der Waals surface area contributed by atoms with Crippen LogP contribution in [0.4, 0.5) is 0 Å². The van der Waals surface area contributed by atoms with Crippen molar-refractivity contribution in [3.05, 3.63) is 47.5 Å². The van der Waals surface area contributed by atoms with E-state index in [1.165, 1.54) is 12.1 Å². The van der Waals surface area contributed by atoms with Gasteiger partial charge >= 0.3 is 5.97 Å². The molecule has 0 aromatic heterocycles. The molecule has 4 heteroatoms. The molecule has 0 unspecified atom stereocenters. The number of phenols is 1. The molecule has 0 fully saturated rings. The first-order valence-electron chi connectivity index (χ1n) is 5.74. The highest BCUT2D eigenvalue weighted by molar-refractivity contribution is 5.91. The number of aromatic hydroxyl groups is 1. The van der Waals surface area contributed by atoms with Gasteiger partial charge in [-0.25, -0.2) is 4.79 Å². The lowest BCUT2D eigenvalue weighted by molar-refractivity contribution is 0.0694. The van der Waals surface area contributed by atoms with E-state index < -0.39 is 5.97 Å². The van der Waals surface area contributed by atoms with Crippen LogP contribution >= 0.6 is 0 Å². The monoisotopic (exact) mass is 258 g/mol. The lowest BCUT2D eigenvalue weighted by Gasteiger charge is -2.08. The summed E-state index contributed by atoms with van der Waals surface area (Å²) in [5, 5.41) is 18.6. The lowest BCUT2D eigenvalue weighted by atomic mass is 10.0. The number of carbonyl (C=O) groups is 1. The van der Waals surface area contributed by atoms with Gasteiger partial charge in [-0.05, 0) is 47.9 Å². The van der Waals surface area contributed by atoms with Gasteiger partial charge in [0.1, 0.15) is 17.1 Å². The smallest absolute Gasteiger partial charge is 0.339 e. The van der Waals surface area contributed by atoms with Gasteiger partial charge < -0.3 is 14.9 Å². The molecule has 2 N–H and O–H groups in total. The Kier molecular flexibility index (Phi) is 3.42. The third-order valence-electron chi connectivity index (χ3n) is 2.96. The Morgan fingerprint density at radius 3 is 2.26 bits per heavy atom. The second-order valence-corrected chi connectivity index (χ2v) is 4.22. The van der Waals surface area contributed by atoms with E-state index in [9.17, 15) is 9.90 Å². The SMILES string of the molecule is COc1ccc(-c2ccc(C(=O)O)c(O)c2)cc1C. The number of aryl methyl sites for hydroxylation is 1. The standard InChI is InChI=1S/C15H14O4/c1-9-7-10(4-6-14(9)19-2)11-3-5-12(15(17)18)13(16)8-11/h3-8,16H,1-2H3,(H,17,18). The van der Waals surface area contributed by atoms with Gasteiger partial charge in [0, 0.05) is 0 Å². The molecule has 2 aromatic rings. The van der Waals surface area contributed by atoms with E-state index in [0.29, 0.717) is 0 Å². The number of carboxylic acids is 1. The summed E-state index contributed by atoms with van der Waals surface area (Å²) in [6.45, 7) is 1.92. The first-order valence-corrected chi connectivity index (χ1v) is 5.74. The largest absolute Gasteiger partial charge is 0.507 e. The number of rotatable bonds is 3. The summed E-state index contributed by atoms with van der Waals surface area (Å²) in [4.78, 5) is 10.8. The summed E-state index contributed by atoms with van der Waals surface area (Å²) in [6, 6.07) is 10.1. The fourth-order valence-electron chi connectivity index (χ4n) is 1.95. The van der Waals surface area contributed by atoms with Crippen LogP contribution < -0.4 is 4.74 Å². The molecule has 0 aliphatic rings. The Morgan fingerprint density at radius 1 is 1.11 bits per heavy atom. The molecule has 0 spiro atoms. The van der Waals surface area contributed by atoms with Crippen molar-refractivity contribution in [3.63, 3.8) is 0 Å². The van der Waals surface area contributed by atoms with Crippen LogP contribution in [0.2, 0.25) is 0 Å². The van der Waals surface area contributed by atoms with E-state index in [4.69, 9.17) is 9.84 Å². The van der Waals surface area contributed by atoms with Gasteiger partial charge in [0.2, 0.25) is 0 Å². The molecular formula is C15H14O4. The highest BCUT2D eigenvalue weighted by Gasteiger charge is 2.11. The van der Waals surface area contributed by atoms with E-state index in [-0.39, 0.29) is 11.3 Å². The predicted molar refractivity (Wildman–Crippen MR) is 71.8 cm³/mol. The van der Waals surface area contributed by atoms with Gasteiger partial charge in [0.25, 0.3) is 0 Å². The molecule has 0 radical (unpaired) electrons. The first-order chi connectivity index (χ1) is 9.02. The summed E-state index contributed by atoms with van der Waals surface area (Å²) in [5.74, 6) is -0.594. The topological polar surface area (TPSA) is 66.8 Å². The van der Waals surface area contributed by atoms with E-state index in [0.717, 1.165) is 22.4 Å². The molecule has 0 saturated carbocycles. The number of carboxylic acid groups (broad SMARTS) is 1. The fourth-order valence-corrected chi connectivity index (χ4v) is 1.95. The summed E-state index contributed by atoms with van der Waals surface area (Å²) in [5.41, 5.74) is 2.52. The van der Waals surface area contributed by atoms with Crippen molar-refractivity contribution in [2.45, 2.75) is 6.92 Å². The van der Waals surface area contributed by atoms with Crippen molar-refractivity contribution in [2.24, 2.45) is 0 Å². The minimum Gasteiger partial charge on any atom is -0.507 e. The summed E-state index contributed by atoms with van der Waals surface area (Å²) in [6.07, 6.45) is 0. The first kappa shape index (κ1) is 13.0. The number of methoxy groups -OCH3 is 1. The molecule has 4 nitrogen and oxygen atoms in total. The van der Waals surface area contributed by atoms with Crippen LogP contribution in [0.15, 0.2) is 36.4 Å². The average molecular weight is 258 g/mol. The van der Waals surface area contributed by atoms with Gasteiger partial charge in [-0.3, -0.25) is 0 Å². The minimum absolute atomic E-state index is 0.103.